The first kappa shape index (κ1) is 20.5. The average Bonchev–Trinajstić information content (AvgIpc) is 3.10. The maximum Gasteiger partial charge on any atom is 0.318 e. The number of aromatic nitrogens is 2. The molecule has 0 saturated carbocycles. The Bertz CT molecular complexity index is 1350. The number of anilines is 1. The van der Waals surface area contributed by atoms with E-state index in [2.05, 4.69) is 15.5 Å². The molecule has 11 heteroatoms. The van der Waals surface area contributed by atoms with E-state index in [1.54, 1.807) is 30.5 Å². The van der Waals surface area contributed by atoms with Crippen LogP contribution in [0.5, 0.6) is 11.5 Å². The van der Waals surface area contributed by atoms with Gasteiger partial charge in [0.1, 0.15) is 5.75 Å². The number of nitrogens with one attached hydrogen (secondary N) is 1. The largest absolute Gasteiger partial charge is 0.450 e. The number of nitrogens with zero attached hydrogens (tertiary/aromatic N) is 5. The fourth-order valence-electron chi connectivity index (χ4n) is 3.01. The van der Waals surface area contributed by atoms with E-state index in [1.165, 1.54) is 6.07 Å². The lowest BCUT2D eigenvalue weighted by molar-refractivity contribution is -0.394. The van der Waals surface area contributed by atoms with Gasteiger partial charge in [0.15, 0.2) is 0 Å². The van der Waals surface area contributed by atoms with Crippen molar-refractivity contribution in [2.75, 3.05) is 5.43 Å². The second-order valence-corrected chi connectivity index (χ2v) is 6.69. The van der Waals surface area contributed by atoms with E-state index >= 15 is 0 Å². The van der Waals surface area contributed by atoms with E-state index in [0.717, 1.165) is 28.7 Å². The van der Waals surface area contributed by atoms with Crippen molar-refractivity contribution in [2.45, 2.75) is 0 Å². The van der Waals surface area contributed by atoms with Gasteiger partial charge < -0.3 is 9.30 Å². The Balaban J connectivity index is 1.46. The molecule has 0 radical (unpaired) electrons. The smallest absolute Gasteiger partial charge is 0.318 e. The summed E-state index contributed by atoms with van der Waals surface area (Å²) in [6.07, 6.45) is 1.59. The standard InChI is InChI=1S/C21H16N6O5/c1-25-18-5-3-2-4-17(18)23-21(25)24-22-13-14-6-9-16(10-7-14)32-20-11-8-15(26(28)29)12-19(20)27(30)31/h2-13H,1H3,(H,23,24)/b22-13-. The Morgan fingerprint density at radius 3 is 2.47 bits per heavy atom. The second-order valence-electron chi connectivity index (χ2n) is 6.69. The number of rotatable bonds is 7. The summed E-state index contributed by atoms with van der Waals surface area (Å²) in [4.78, 5) is 25.1. The van der Waals surface area contributed by atoms with Crippen LogP contribution in [0, 0.1) is 20.2 Å². The molecular weight excluding hydrogens is 416 g/mol. The summed E-state index contributed by atoms with van der Waals surface area (Å²) in [5, 5.41) is 26.3. The van der Waals surface area contributed by atoms with E-state index in [0.29, 0.717) is 11.7 Å². The fraction of sp³-hybridized carbons (Fsp3) is 0.0476. The minimum atomic E-state index is -0.726. The number of aryl methyl sites for hydroxylation is 1. The van der Waals surface area contributed by atoms with E-state index in [9.17, 15) is 20.2 Å². The van der Waals surface area contributed by atoms with Gasteiger partial charge in [0.05, 0.1) is 33.2 Å². The molecule has 0 aliphatic carbocycles. The Morgan fingerprint density at radius 2 is 1.78 bits per heavy atom. The van der Waals surface area contributed by atoms with E-state index in [4.69, 9.17) is 4.74 Å². The molecule has 0 fully saturated rings. The molecule has 0 aliphatic rings. The first-order chi connectivity index (χ1) is 15.4. The highest BCUT2D eigenvalue weighted by Crippen LogP contribution is 2.34. The van der Waals surface area contributed by atoms with Crippen molar-refractivity contribution in [3.8, 4) is 11.5 Å². The first-order valence-electron chi connectivity index (χ1n) is 9.33. The van der Waals surface area contributed by atoms with Crippen LogP contribution in [0.2, 0.25) is 0 Å². The number of benzene rings is 3. The van der Waals surface area contributed by atoms with Crippen molar-refractivity contribution in [3.63, 3.8) is 0 Å². The van der Waals surface area contributed by atoms with Crippen molar-refractivity contribution in [2.24, 2.45) is 12.1 Å². The minimum Gasteiger partial charge on any atom is -0.450 e. The van der Waals surface area contributed by atoms with Gasteiger partial charge in [-0.05, 0) is 48.0 Å². The summed E-state index contributed by atoms with van der Waals surface area (Å²) in [5.74, 6) is 0.834. The Kier molecular flexibility index (Phi) is 5.45. The van der Waals surface area contributed by atoms with Crippen molar-refractivity contribution >= 4 is 34.6 Å². The predicted octanol–water partition coefficient (Wildman–Crippen LogP) is 4.63. The fourth-order valence-corrected chi connectivity index (χ4v) is 3.01. The van der Waals surface area contributed by atoms with Gasteiger partial charge in [0.2, 0.25) is 11.7 Å². The second kappa shape index (κ2) is 8.52. The Labute approximate surface area is 180 Å². The Morgan fingerprint density at radius 1 is 1.03 bits per heavy atom. The molecule has 0 bridgehead atoms. The zero-order valence-electron chi connectivity index (χ0n) is 16.7. The number of fused-ring (bicyclic) bond motifs is 1. The van der Waals surface area contributed by atoms with E-state index < -0.39 is 15.5 Å². The van der Waals surface area contributed by atoms with E-state index in [1.807, 2.05) is 35.9 Å². The summed E-state index contributed by atoms with van der Waals surface area (Å²) in [6.45, 7) is 0. The third-order valence-corrected chi connectivity index (χ3v) is 4.62. The van der Waals surface area contributed by atoms with Crippen LogP contribution in [0.15, 0.2) is 71.8 Å². The molecule has 0 aliphatic heterocycles. The number of hydrogen-bond donors (Lipinski definition) is 1. The summed E-state index contributed by atoms with van der Waals surface area (Å²) in [5.41, 5.74) is 4.61. The minimum absolute atomic E-state index is 0.0921. The topological polar surface area (TPSA) is 138 Å². The molecule has 0 saturated heterocycles. The molecule has 11 nitrogen and oxygen atoms in total. The molecule has 160 valence electrons. The van der Waals surface area contributed by atoms with Gasteiger partial charge in [-0.15, -0.1) is 0 Å². The highest BCUT2D eigenvalue weighted by molar-refractivity contribution is 5.81. The number of para-hydroxylation sites is 2. The van der Waals surface area contributed by atoms with Crippen LogP contribution in [-0.4, -0.2) is 25.6 Å². The van der Waals surface area contributed by atoms with Crippen molar-refractivity contribution < 1.29 is 14.6 Å². The number of nitro groups is 2. The predicted molar refractivity (Wildman–Crippen MR) is 118 cm³/mol. The molecule has 0 spiro atoms. The molecule has 32 heavy (non-hydrogen) atoms. The number of hydrazone groups is 1. The quantitative estimate of drug-likeness (QED) is 0.255. The molecule has 0 amide bonds. The molecule has 1 N–H and O–H groups in total. The summed E-state index contributed by atoms with van der Waals surface area (Å²) >= 11 is 0. The lowest BCUT2D eigenvalue weighted by Crippen LogP contribution is -1.98. The molecule has 4 aromatic rings. The lowest BCUT2D eigenvalue weighted by Gasteiger charge is -2.06. The zero-order valence-corrected chi connectivity index (χ0v) is 16.7. The van der Waals surface area contributed by atoms with Gasteiger partial charge in [-0.2, -0.15) is 5.10 Å². The number of hydrogen-bond acceptors (Lipinski definition) is 8. The number of ether oxygens (including phenoxy) is 1. The Hall–Kier alpha value is -4.80. The van der Waals surface area contributed by atoms with Gasteiger partial charge in [-0.1, -0.05) is 12.1 Å². The van der Waals surface area contributed by atoms with Crippen LogP contribution < -0.4 is 10.2 Å². The van der Waals surface area contributed by atoms with Crippen molar-refractivity contribution in [1.29, 1.82) is 0 Å². The molecular formula is C21H16N6O5. The highest BCUT2D eigenvalue weighted by Gasteiger charge is 2.21. The van der Waals surface area contributed by atoms with E-state index in [-0.39, 0.29) is 11.4 Å². The summed E-state index contributed by atoms with van der Waals surface area (Å²) in [6, 6.07) is 17.6. The average molecular weight is 432 g/mol. The van der Waals surface area contributed by atoms with Gasteiger partial charge in [0.25, 0.3) is 5.69 Å². The van der Waals surface area contributed by atoms with Gasteiger partial charge in [0, 0.05) is 13.1 Å². The van der Waals surface area contributed by atoms with Crippen LogP contribution >= 0.6 is 0 Å². The number of imidazole rings is 1. The van der Waals surface area contributed by atoms with Gasteiger partial charge in [-0.3, -0.25) is 20.2 Å². The highest BCUT2D eigenvalue weighted by atomic mass is 16.6. The van der Waals surface area contributed by atoms with Crippen LogP contribution in [0.4, 0.5) is 17.3 Å². The monoisotopic (exact) mass is 432 g/mol. The first-order valence-corrected chi connectivity index (χ1v) is 9.33. The molecule has 3 aromatic carbocycles. The number of non-ortho nitro benzene ring substituents is 1. The van der Waals surface area contributed by atoms with Gasteiger partial charge in [-0.25, -0.2) is 10.4 Å². The maximum atomic E-state index is 11.2. The summed E-state index contributed by atoms with van der Waals surface area (Å²) < 4.78 is 7.44. The third kappa shape index (κ3) is 4.21. The molecule has 1 heterocycles. The van der Waals surface area contributed by atoms with Crippen molar-refractivity contribution in [3.05, 3.63) is 92.5 Å². The molecule has 0 unspecified atom stereocenters. The molecule has 1 aromatic heterocycles. The van der Waals surface area contributed by atoms with Crippen LogP contribution in [0.1, 0.15) is 5.56 Å². The maximum absolute atomic E-state index is 11.2. The summed E-state index contributed by atoms with van der Waals surface area (Å²) in [7, 11) is 1.89. The lowest BCUT2D eigenvalue weighted by atomic mass is 10.2. The van der Waals surface area contributed by atoms with Crippen LogP contribution in [-0.2, 0) is 7.05 Å². The van der Waals surface area contributed by atoms with Crippen LogP contribution in [0.3, 0.4) is 0 Å². The van der Waals surface area contributed by atoms with Crippen LogP contribution in [0.25, 0.3) is 11.0 Å². The zero-order chi connectivity index (χ0) is 22.7. The van der Waals surface area contributed by atoms with Gasteiger partial charge >= 0.3 is 5.69 Å². The molecule has 4 rings (SSSR count). The molecule has 0 atom stereocenters. The number of nitro benzene ring substituents is 2. The normalized spacial score (nSPS) is 11.0. The third-order valence-electron chi connectivity index (χ3n) is 4.62. The SMILES string of the molecule is Cn1c(N/N=C\c2ccc(Oc3ccc([N+](=O)[O-])cc3[N+](=O)[O-])cc2)nc2ccccc21. The van der Waals surface area contributed by atoms with Crippen molar-refractivity contribution in [1.82, 2.24) is 9.55 Å².